The monoisotopic (exact) mass is 307 g/mol. The number of hydrogen-bond donors (Lipinski definition) is 1. The first-order valence-corrected chi connectivity index (χ1v) is 7.07. The second kappa shape index (κ2) is 5.79. The minimum atomic E-state index is -0.513. The normalized spacial score (nSPS) is 14.3. The van der Waals surface area contributed by atoms with Crippen LogP contribution in [0.15, 0.2) is 24.4 Å². The summed E-state index contributed by atoms with van der Waals surface area (Å²) in [6, 6.07) is 4.55. The molecule has 7 nitrogen and oxygen atoms in total. The Morgan fingerprint density at radius 1 is 1.48 bits per heavy atom. The van der Waals surface area contributed by atoms with Crippen molar-refractivity contribution in [2.24, 2.45) is 5.92 Å². The number of nitro groups is 1. The standard InChI is InChI=1S/C13H14ClN5O2/c14-12-4-3-11(5-13(12)19(20)21)18-8-10(16-17-18)7-15-6-9-1-2-9/h3-5,8-9,15H,1-2,6-7H2. The Labute approximate surface area is 126 Å². The summed E-state index contributed by atoms with van der Waals surface area (Å²) in [4.78, 5) is 10.4. The first-order chi connectivity index (χ1) is 10.1. The molecule has 1 heterocycles. The second-order valence-corrected chi connectivity index (χ2v) is 5.53. The van der Waals surface area contributed by atoms with Gasteiger partial charge in [0.05, 0.1) is 22.5 Å². The molecule has 0 radical (unpaired) electrons. The van der Waals surface area contributed by atoms with Crippen LogP contribution in [0.25, 0.3) is 5.69 Å². The van der Waals surface area contributed by atoms with Gasteiger partial charge in [-0.25, -0.2) is 4.68 Å². The highest BCUT2D eigenvalue weighted by Gasteiger charge is 2.20. The van der Waals surface area contributed by atoms with Gasteiger partial charge in [-0.3, -0.25) is 10.1 Å². The van der Waals surface area contributed by atoms with Crippen molar-refractivity contribution in [1.82, 2.24) is 20.3 Å². The van der Waals surface area contributed by atoms with Crippen molar-refractivity contribution in [1.29, 1.82) is 0 Å². The summed E-state index contributed by atoms with van der Waals surface area (Å²) < 4.78 is 1.51. The summed E-state index contributed by atoms with van der Waals surface area (Å²) in [5, 5.41) is 22.4. The lowest BCUT2D eigenvalue weighted by Gasteiger charge is -2.01. The van der Waals surface area contributed by atoms with Crippen molar-refractivity contribution >= 4 is 17.3 Å². The number of benzene rings is 1. The molecule has 0 spiro atoms. The van der Waals surface area contributed by atoms with E-state index in [1.165, 1.54) is 29.7 Å². The fourth-order valence-corrected chi connectivity index (χ4v) is 2.20. The van der Waals surface area contributed by atoms with Gasteiger partial charge in [0, 0.05) is 12.6 Å². The minimum absolute atomic E-state index is 0.107. The van der Waals surface area contributed by atoms with Gasteiger partial charge >= 0.3 is 0 Å². The predicted octanol–water partition coefficient (Wildman–Crippen LogP) is 2.33. The highest BCUT2D eigenvalue weighted by Crippen LogP contribution is 2.28. The molecule has 0 saturated heterocycles. The number of halogens is 1. The van der Waals surface area contributed by atoms with E-state index in [2.05, 4.69) is 15.6 Å². The molecule has 1 aliphatic carbocycles. The van der Waals surface area contributed by atoms with Gasteiger partial charge in [-0.15, -0.1) is 5.10 Å². The molecule has 1 saturated carbocycles. The molecular weight excluding hydrogens is 294 g/mol. The van der Waals surface area contributed by atoms with Crippen LogP contribution >= 0.6 is 11.6 Å². The Balaban J connectivity index is 1.72. The highest BCUT2D eigenvalue weighted by atomic mass is 35.5. The molecule has 1 aromatic carbocycles. The van der Waals surface area contributed by atoms with E-state index in [9.17, 15) is 10.1 Å². The van der Waals surface area contributed by atoms with Crippen LogP contribution in [0.5, 0.6) is 0 Å². The lowest BCUT2D eigenvalue weighted by Crippen LogP contribution is -2.16. The molecule has 0 unspecified atom stereocenters. The molecule has 0 aliphatic heterocycles. The van der Waals surface area contributed by atoms with Gasteiger partial charge in [0.25, 0.3) is 5.69 Å². The zero-order valence-electron chi connectivity index (χ0n) is 11.2. The zero-order chi connectivity index (χ0) is 14.8. The van der Waals surface area contributed by atoms with Crippen molar-refractivity contribution < 1.29 is 4.92 Å². The van der Waals surface area contributed by atoms with Crippen molar-refractivity contribution in [2.45, 2.75) is 19.4 Å². The number of hydrogen-bond acceptors (Lipinski definition) is 5. The molecular formula is C13H14ClN5O2. The van der Waals surface area contributed by atoms with E-state index in [0.29, 0.717) is 12.2 Å². The summed E-state index contributed by atoms with van der Waals surface area (Å²) in [6.07, 6.45) is 4.36. The van der Waals surface area contributed by atoms with Gasteiger partial charge in [-0.05, 0) is 37.4 Å². The first kappa shape index (κ1) is 14.0. The smallest absolute Gasteiger partial charge is 0.290 e. The average molecular weight is 308 g/mol. The van der Waals surface area contributed by atoms with Gasteiger partial charge in [0.2, 0.25) is 0 Å². The quantitative estimate of drug-likeness (QED) is 0.654. The number of nitro benzene ring substituents is 1. The molecule has 2 aromatic rings. The van der Waals surface area contributed by atoms with Gasteiger partial charge in [0.1, 0.15) is 5.02 Å². The Hall–Kier alpha value is -1.99. The van der Waals surface area contributed by atoms with Crippen LogP contribution in [0.3, 0.4) is 0 Å². The maximum Gasteiger partial charge on any atom is 0.290 e. The van der Waals surface area contributed by atoms with E-state index in [0.717, 1.165) is 18.2 Å². The number of nitrogens with zero attached hydrogens (tertiary/aromatic N) is 4. The van der Waals surface area contributed by atoms with Crippen LogP contribution < -0.4 is 5.32 Å². The van der Waals surface area contributed by atoms with Gasteiger partial charge in [0.15, 0.2) is 0 Å². The number of nitrogens with one attached hydrogen (secondary N) is 1. The molecule has 0 atom stereocenters. The van der Waals surface area contributed by atoms with E-state index in [1.807, 2.05) is 0 Å². The second-order valence-electron chi connectivity index (χ2n) is 5.12. The molecule has 1 fully saturated rings. The molecule has 1 aliphatic rings. The Morgan fingerprint density at radius 2 is 2.29 bits per heavy atom. The summed E-state index contributed by atoms with van der Waals surface area (Å²) in [6.45, 7) is 1.64. The first-order valence-electron chi connectivity index (χ1n) is 6.70. The lowest BCUT2D eigenvalue weighted by molar-refractivity contribution is -0.384. The lowest BCUT2D eigenvalue weighted by atomic mass is 10.3. The fourth-order valence-electron chi connectivity index (χ4n) is 2.02. The number of rotatable bonds is 6. The van der Waals surface area contributed by atoms with E-state index >= 15 is 0 Å². The molecule has 1 aromatic heterocycles. The molecule has 110 valence electrons. The zero-order valence-corrected chi connectivity index (χ0v) is 12.0. The van der Waals surface area contributed by atoms with E-state index in [4.69, 9.17) is 11.6 Å². The topological polar surface area (TPSA) is 85.9 Å². The predicted molar refractivity (Wildman–Crippen MR) is 77.5 cm³/mol. The van der Waals surface area contributed by atoms with Crippen LogP contribution in [0.4, 0.5) is 5.69 Å². The molecule has 21 heavy (non-hydrogen) atoms. The van der Waals surface area contributed by atoms with Crippen molar-refractivity contribution in [3.05, 3.63) is 45.2 Å². The SMILES string of the molecule is O=[N+]([O-])c1cc(-n2cc(CNCC3CC3)nn2)ccc1Cl. The molecule has 8 heteroatoms. The summed E-state index contributed by atoms with van der Waals surface area (Å²) in [5.41, 5.74) is 1.22. The number of aromatic nitrogens is 3. The van der Waals surface area contributed by atoms with Crippen LogP contribution in [0.2, 0.25) is 5.02 Å². The molecule has 0 bridgehead atoms. The van der Waals surface area contributed by atoms with E-state index in [1.54, 1.807) is 12.3 Å². The van der Waals surface area contributed by atoms with Gasteiger partial charge in [-0.2, -0.15) is 0 Å². The average Bonchev–Trinajstić information content (AvgIpc) is 3.16. The van der Waals surface area contributed by atoms with E-state index in [-0.39, 0.29) is 10.7 Å². The Morgan fingerprint density at radius 3 is 3.00 bits per heavy atom. The van der Waals surface area contributed by atoms with Crippen LogP contribution in [0.1, 0.15) is 18.5 Å². The third kappa shape index (κ3) is 3.37. The van der Waals surface area contributed by atoms with Crippen molar-refractivity contribution in [2.75, 3.05) is 6.54 Å². The summed E-state index contributed by atoms with van der Waals surface area (Å²) in [7, 11) is 0. The molecule has 1 N–H and O–H groups in total. The fraction of sp³-hybridized carbons (Fsp3) is 0.385. The van der Waals surface area contributed by atoms with Crippen molar-refractivity contribution in [3.63, 3.8) is 0 Å². The molecule has 3 rings (SSSR count). The van der Waals surface area contributed by atoms with Crippen LogP contribution in [-0.2, 0) is 6.54 Å². The van der Waals surface area contributed by atoms with Crippen molar-refractivity contribution in [3.8, 4) is 5.69 Å². The highest BCUT2D eigenvalue weighted by molar-refractivity contribution is 6.32. The third-order valence-corrected chi connectivity index (χ3v) is 3.69. The van der Waals surface area contributed by atoms with Gasteiger partial charge in [-0.1, -0.05) is 16.8 Å². The van der Waals surface area contributed by atoms with Crippen LogP contribution in [0, 0.1) is 16.0 Å². The largest absolute Gasteiger partial charge is 0.311 e. The van der Waals surface area contributed by atoms with Gasteiger partial charge < -0.3 is 5.32 Å². The Kier molecular flexibility index (Phi) is 3.85. The summed E-state index contributed by atoms with van der Waals surface area (Å²) in [5.74, 6) is 0.805. The maximum absolute atomic E-state index is 10.9. The Bertz CT molecular complexity index is 668. The minimum Gasteiger partial charge on any atom is -0.311 e. The van der Waals surface area contributed by atoms with Crippen LogP contribution in [-0.4, -0.2) is 26.5 Å². The third-order valence-electron chi connectivity index (χ3n) is 3.37. The molecule has 0 amide bonds. The summed E-state index contributed by atoms with van der Waals surface area (Å²) >= 11 is 5.79. The van der Waals surface area contributed by atoms with E-state index < -0.39 is 4.92 Å². The maximum atomic E-state index is 10.9.